The summed E-state index contributed by atoms with van der Waals surface area (Å²) >= 11 is 7.17. The maximum absolute atomic E-state index is 12.8. The van der Waals surface area contributed by atoms with Crippen LogP contribution in [0.25, 0.3) is 0 Å². The first kappa shape index (κ1) is 15.3. The van der Waals surface area contributed by atoms with Crippen LogP contribution < -0.4 is 0 Å². The Balaban J connectivity index is 2.10. The summed E-state index contributed by atoms with van der Waals surface area (Å²) in [4.78, 5) is 24.9. The van der Waals surface area contributed by atoms with Crippen molar-refractivity contribution in [2.24, 2.45) is 0 Å². The molecule has 0 radical (unpaired) electrons. The van der Waals surface area contributed by atoms with E-state index in [-0.39, 0.29) is 5.78 Å². The lowest BCUT2D eigenvalue weighted by Gasteiger charge is -2.13. The van der Waals surface area contributed by atoms with Crippen molar-refractivity contribution in [3.63, 3.8) is 0 Å². The summed E-state index contributed by atoms with van der Waals surface area (Å²) in [5.41, 5.74) is 2.17. The molecule has 0 aliphatic carbocycles. The fraction of sp³-hybridized carbons (Fsp3) is 0.375. The number of carbonyl (C=O) groups is 2. The number of hydrogen-bond acceptors (Lipinski definition) is 3. The molecule has 116 valence electrons. The summed E-state index contributed by atoms with van der Waals surface area (Å²) in [6.07, 6.45) is 2.36. The second-order valence-electron chi connectivity index (χ2n) is 5.57. The van der Waals surface area contributed by atoms with Gasteiger partial charge in [0.25, 0.3) is 0 Å². The number of thiophene rings is 1. The van der Waals surface area contributed by atoms with E-state index in [2.05, 4.69) is 0 Å². The van der Waals surface area contributed by atoms with Crippen LogP contribution >= 0.6 is 22.9 Å². The fourth-order valence-electron chi connectivity index (χ4n) is 3.11. The molecule has 3 heterocycles. The molecule has 0 saturated heterocycles. The van der Waals surface area contributed by atoms with E-state index in [4.69, 9.17) is 11.6 Å². The maximum Gasteiger partial charge on any atom is 0.312 e. The highest BCUT2D eigenvalue weighted by atomic mass is 35.5. The molecule has 3 rings (SSSR count). The van der Waals surface area contributed by atoms with Crippen LogP contribution in [0.2, 0.25) is 4.34 Å². The lowest BCUT2D eigenvalue weighted by atomic mass is 9.99. The van der Waals surface area contributed by atoms with Gasteiger partial charge in [0.2, 0.25) is 5.78 Å². The highest BCUT2D eigenvalue weighted by molar-refractivity contribution is 7.18. The lowest BCUT2D eigenvalue weighted by Crippen LogP contribution is -2.16. The number of aliphatic carboxylic acids is 1. The minimum Gasteiger partial charge on any atom is -0.481 e. The zero-order chi connectivity index (χ0) is 15.9. The lowest BCUT2D eigenvalue weighted by molar-refractivity contribution is -0.139. The smallest absolute Gasteiger partial charge is 0.312 e. The van der Waals surface area contributed by atoms with E-state index >= 15 is 0 Å². The summed E-state index contributed by atoms with van der Waals surface area (Å²) < 4.78 is 2.48. The minimum absolute atomic E-state index is 0.0771. The van der Waals surface area contributed by atoms with Crippen LogP contribution in [0.1, 0.15) is 51.8 Å². The third kappa shape index (κ3) is 2.59. The molecule has 22 heavy (non-hydrogen) atoms. The molecule has 1 N–H and O–H groups in total. The van der Waals surface area contributed by atoms with Gasteiger partial charge in [-0.05, 0) is 43.5 Å². The molecule has 0 fully saturated rings. The molecule has 0 aromatic carbocycles. The molecule has 2 aromatic rings. The second-order valence-corrected chi connectivity index (χ2v) is 7.29. The SMILES string of the molecule is Cc1cc2n(c1C(=O)c1ccc(Cl)s1)CCCCC2C(=O)O. The van der Waals surface area contributed by atoms with Gasteiger partial charge in [-0.15, -0.1) is 11.3 Å². The molecule has 1 unspecified atom stereocenters. The molecular formula is C16H16ClNO3S. The Labute approximate surface area is 137 Å². The van der Waals surface area contributed by atoms with Crippen LogP contribution in [0.4, 0.5) is 0 Å². The van der Waals surface area contributed by atoms with Gasteiger partial charge >= 0.3 is 5.97 Å². The Morgan fingerprint density at radius 1 is 1.36 bits per heavy atom. The summed E-state index contributed by atoms with van der Waals surface area (Å²) in [6.45, 7) is 2.55. The largest absolute Gasteiger partial charge is 0.481 e. The number of nitrogens with zero attached hydrogens (tertiary/aromatic N) is 1. The van der Waals surface area contributed by atoms with Crippen LogP contribution in [0.5, 0.6) is 0 Å². The normalized spacial score (nSPS) is 17.8. The Bertz CT molecular complexity index is 747. The van der Waals surface area contributed by atoms with Crippen molar-refractivity contribution in [1.29, 1.82) is 0 Å². The van der Waals surface area contributed by atoms with Gasteiger partial charge in [0.05, 0.1) is 20.8 Å². The van der Waals surface area contributed by atoms with E-state index in [9.17, 15) is 14.7 Å². The number of carboxylic acid groups (broad SMARTS) is 1. The predicted octanol–water partition coefficient (Wildman–Crippen LogP) is 4.09. The number of aryl methyl sites for hydroxylation is 1. The first-order chi connectivity index (χ1) is 10.5. The number of hydrogen-bond donors (Lipinski definition) is 1. The molecule has 0 saturated carbocycles. The molecule has 1 aliphatic rings. The zero-order valence-corrected chi connectivity index (χ0v) is 13.7. The van der Waals surface area contributed by atoms with Crippen molar-refractivity contribution < 1.29 is 14.7 Å². The summed E-state index contributed by atoms with van der Waals surface area (Å²) in [5, 5.41) is 9.46. The van der Waals surface area contributed by atoms with E-state index in [1.165, 1.54) is 11.3 Å². The van der Waals surface area contributed by atoms with E-state index in [0.717, 1.165) is 24.1 Å². The Kier molecular flexibility index (Phi) is 4.10. The highest BCUT2D eigenvalue weighted by Gasteiger charge is 2.30. The van der Waals surface area contributed by atoms with Crippen molar-refractivity contribution >= 4 is 34.7 Å². The molecule has 4 nitrogen and oxygen atoms in total. The van der Waals surface area contributed by atoms with Gasteiger partial charge in [-0.2, -0.15) is 0 Å². The molecule has 0 bridgehead atoms. The Morgan fingerprint density at radius 2 is 2.14 bits per heavy atom. The molecule has 0 amide bonds. The molecule has 1 atom stereocenters. The van der Waals surface area contributed by atoms with Gasteiger partial charge in [-0.25, -0.2) is 0 Å². The first-order valence-electron chi connectivity index (χ1n) is 7.22. The molecule has 0 spiro atoms. The quantitative estimate of drug-likeness (QED) is 0.858. The zero-order valence-electron chi connectivity index (χ0n) is 12.1. The van der Waals surface area contributed by atoms with Gasteiger partial charge in [0, 0.05) is 12.2 Å². The average molecular weight is 338 g/mol. The Hall–Kier alpha value is -1.59. The highest BCUT2D eigenvalue weighted by Crippen LogP contribution is 2.33. The first-order valence-corrected chi connectivity index (χ1v) is 8.41. The number of carbonyl (C=O) groups excluding carboxylic acids is 1. The number of rotatable bonds is 3. The number of aromatic nitrogens is 1. The monoisotopic (exact) mass is 337 g/mol. The van der Waals surface area contributed by atoms with Gasteiger partial charge < -0.3 is 9.67 Å². The van der Waals surface area contributed by atoms with Crippen molar-refractivity contribution in [2.75, 3.05) is 0 Å². The molecule has 1 aliphatic heterocycles. The van der Waals surface area contributed by atoms with Crippen LogP contribution in [-0.4, -0.2) is 21.4 Å². The number of halogens is 1. The van der Waals surface area contributed by atoms with Crippen molar-refractivity contribution in [3.05, 3.63) is 44.4 Å². The number of fused-ring (bicyclic) bond motifs is 1. The number of carboxylic acids is 1. The summed E-state index contributed by atoms with van der Waals surface area (Å²) in [5.74, 6) is -1.43. The van der Waals surface area contributed by atoms with Gasteiger partial charge in [-0.1, -0.05) is 18.0 Å². The van der Waals surface area contributed by atoms with Gasteiger partial charge in [-0.3, -0.25) is 9.59 Å². The van der Waals surface area contributed by atoms with E-state index in [0.29, 0.717) is 27.9 Å². The van der Waals surface area contributed by atoms with Gasteiger partial charge in [0.15, 0.2) is 0 Å². The summed E-state index contributed by atoms with van der Waals surface area (Å²) in [6, 6.07) is 5.29. The van der Waals surface area contributed by atoms with Crippen molar-refractivity contribution in [1.82, 2.24) is 4.57 Å². The summed E-state index contributed by atoms with van der Waals surface area (Å²) in [7, 11) is 0. The van der Waals surface area contributed by atoms with Crippen molar-refractivity contribution in [3.8, 4) is 0 Å². The third-order valence-corrected chi connectivity index (χ3v) is 5.34. The Morgan fingerprint density at radius 3 is 2.77 bits per heavy atom. The van der Waals surface area contributed by atoms with E-state index in [1.807, 2.05) is 17.6 Å². The minimum atomic E-state index is -0.821. The van der Waals surface area contributed by atoms with E-state index < -0.39 is 11.9 Å². The molecule has 6 heteroatoms. The van der Waals surface area contributed by atoms with Crippen LogP contribution in [-0.2, 0) is 11.3 Å². The number of ketones is 1. The topological polar surface area (TPSA) is 59.3 Å². The second kappa shape index (κ2) is 5.89. The van der Waals surface area contributed by atoms with Crippen LogP contribution in [0.3, 0.4) is 0 Å². The molecule has 2 aromatic heterocycles. The fourth-order valence-corrected chi connectivity index (χ4v) is 4.09. The third-order valence-electron chi connectivity index (χ3n) is 4.11. The predicted molar refractivity (Wildman–Crippen MR) is 86.2 cm³/mol. The van der Waals surface area contributed by atoms with Crippen LogP contribution in [0, 0.1) is 6.92 Å². The van der Waals surface area contributed by atoms with E-state index in [1.54, 1.807) is 12.1 Å². The molecular weight excluding hydrogens is 322 g/mol. The average Bonchev–Trinajstić information content (AvgIpc) is 2.96. The van der Waals surface area contributed by atoms with Gasteiger partial charge in [0.1, 0.15) is 0 Å². The maximum atomic E-state index is 12.8. The van der Waals surface area contributed by atoms with Crippen molar-refractivity contribution in [2.45, 2.75) is 38.6 Å². The standard InChI is InChI=1S/C16H16ClNO3S/c1-9-8-11-10(16(20)21)4-2-3-7-18(11)14(9)15(19)12-5-6-13(17)22-12/h5-6,8,10H,2-4,7H2,1H3,(H,20,21). The van der Waals surface area contributed by atoms with Crippen LogP contribution in [0.15, 0.2) is 18.2 Å².